The molecule has 1 aliphatic rings. The molecule has 0 amide bonds. The van der Waals surface area contributed by atoms with Gasteiger partial charge in [-0.3, -0.25) is 0 Å². The van der Waals surface area contributed by atoms with Gasteiger partial charge >= 0.3 is 0 Å². The summed E-state index contributed by atoms with van der Waals surface area (Å²) in [5, 5.41) is 5.12. The van der Waals surface area contributed by atoms with Crippen LogP contribution in [0.25, 0.3) is 0 Å². The van der Waals surface area contributed by atoms with Gasteiger partial charge in [0, 0.05) is 28.2 Å². The fraction of sp³-hybridized carbons (Fsp3) is 0.600. The number of halogens is 2. The number of likely N-dealkylation sites (N-methyl/N-ethyl adjacent to an activating group) is 1. The number of nitrogens with zero attached hydrogens (tertiary/aromatic N) is 1. The molecule has 2 rings (SSSR count). The molecule has 2 nitrogen and oxygen atoms in total. The first-order valence-electron chi connectivity index (χ1n) is 6.80. The van der Waals surface area contributed by atoms with Gasteiger partial charge in [-0.15, -0.1) is 0 Å². The SMILES string of the molecule is CC(NCC1(N(C)C)CCC1)c1cc(Cl)ccc1Cl. The van der Waals surface area contributed by atoms with E-state index in [1.807, 2.05) is 18.2 Å². The normalized spacial score (nSPS) is 19.3. The van der Waals surface area contributed by atoms with Crippen molar-refractivity contribution in [3.8, 4) is 0 Å². The van der Waals surface area contributed by atoms with Crippen molar-refractivity contribution in [3.63, 3.8) is 0 Å². The molecule has 1 unspecified atom stereocenters. The lowest BCUT2D eigenvalue weighted by Gasteiger charge is -2.48. The van der Waals surface area contributed by atoms with E-state index in [0.717, 1.165) is 22.2 Å². The van der Waals surface area contributed by atoms with Crippen molar-refractivity contribution in [2.24, 2.45) is 0 Å². The molecule has 0 saturated heterocycles. The largest absolute Gasteiger partial charge is 0.308 e. The average Bonchev–Trinajstić information content (AvgIpc) is 2.30. The van der Waals surface area contributed by atoms with Crippen molar-refractivity contribution in [1.29, 1.82) is 0 Å². The Hall–Kier alpha value is -0.280. The Bertz CT molecular complexity index is 442. The molecular formula is C15H22Cl2N2. The second-order valence-corrected chi connectivity index (χ2v) is 6.58. The van der Waals surface area contributed by atoms with Crippen molar-refractivity contribution < 1.29 is 0 Å². The van der Waals surface area contributed by atoms with Gasteiger partial charge in [0.2, 0.25) is 0 Å². The molecule has 106 valence electrons. The molecule has 1 aromatic carbocycles. The summed E-state index contributed by atoms with van der Waals surface area (Å²) in [6.07, 6.45) is 3.86. The molecule has 0 bridgehead atoms. The van der Waals surface area contributed by atoms with Crippen LogP contribution in [0.5, 0.6) is 0 Å². The Balaban J connectivity index is 2.01. The summed E-state index contributed by atoms with van der Waals surface area (Å²) >= 11 is 12.3. The molecule has 1 aromatic rings. The van der Waals surface area contributed by atoms with Crippen LogP contribution >= 0.6 is 23.2 Å². The third kappa shape index (κ3) is 3.25. The first kappa shape index (κ1) is 15.1. The molecule has 0 aliphatic heterocycles. The smallest absolute Gasteiger partial charge is 0.0454 e. The number of nitrogens with one attached hydrogen (secondary N) is 1. The second kappa shape index (κ2) is 6.01. The van der Waals surface area contributed by atoms with Crippen LogP contribution in [0.4, 0.5) is 0 Å². The van der Waals surface area contributed by atoms with E-state index < -0.39 is 0 Å². The average molecular weight is 301 g/mol. The first-order valence-corrected chi connectivity index (χ1v) is 7.56. The van der Waals surface area contributed by atoms with E-state index in [9.17, 15) is 0 Å². The quantitative estimate of drug-likeness (QED) is 0.879. The van der Waals surface area contributed by atoms with Gasteiger partial charge in [0.15, 0.2) is 0 Å². The number of rotatable bonds is 5. The van der Waals surface area contributed by atoms with Gasteiger partial charge in [0.25, 0.3) is 0 Å². The highest BCUT2D eigenvalue weighted by Crippen LogP contribution is 2.36. The van der Waals surface area contributed by atoms with E-state index in [4.69, 9.17) is 23.2 Å². The molecule has 1 aliphatic carbocycles. The van der Waals surface area contributed by atoms with Gasteiger partial charge in [-0.05, 0) is 64.0 Å². The Kier molecular flexibility index (Phi) is 4.78. The summed E-state index contributed by atoms with van der Waals surface area (Å²) in [5.41, 5.74) is 1.39. The summed E-state index contributed by atoms with van der Waals surface area (Å²) < 4.78 is 0. The second-order valence-electron chi connectivity index (χ2n) is 5.74. The van der Waals surface area contributed by atoms with Crippen LogP contribution in [-0.2, 0) is 0 Å². The van der Waals surface area contributed by atoms with Crippen LogP contribution in [0.15, 0.2) is 18.2 Å². The Morgan fingerprint density at radius 2 is 2.00 bits per heavy atom. The zero-order valence-corrected chi connectivity index (χ0v) is 13.4. The third-order valence-electron chi connectivity index (χ3n) is 4.39. The van der Waals surface area contributed by atoms with Crippen molar-refractivity contribution in [2.75, 3.05) is 20.6 Å². The van der Waals surface area contributed by atoms with E-state index in [2.05, 4.69) is 31.2 Å². The van der Waals surface area contributed by atoms with Crippen molar-refractivity contribution in [3.05, 3.63) is 33.8 Å². The van der Waals surface area contributed by atoms with E-state index in [-0.39, 0.29) is 6.04 Å². The fourth-order valence-electron chi connectivity index (χ4n) is 2.67. The van der Waals surface area contributed by atoms with Gasteiger partial charge < -0.3 is 10.2 Å². The summed E-state index contributed by atoms with van der Waals surface area (Å²) in [5.74, 6) is 0. The van der Waals surface area contributed by atoms with Gasteiger partial charge in [-0.1, -0.05) is 23.2 Å². The Morgan fingerprint density at radius 3 is 2.53 bits per heavy atom. The summed E-state index contributed by atoms with van der Waals surface area (Å²) in [7, 11) is 4.33. The van der Waals surface area contributed by atoms with Crippen LogP contribution in [-0.4, -0.2) is 31.1 Å². The van der Waals surface area contributed by atoms with Gasteiger partial charge in [0.1, 0.15) is 0 Å². The molecule has 0 spiro atoms. The minimum atomic E-state index is 0.212. The van der Waals surface area contributed by atoms with Crippen molar-refractivity contribution >= 4 is 23.2 Å². The predicted molar refractivity (Wildman–Crippen MR) is 83.1 cm³/mol. The lowest BCUT2D eigenvalue weighted by molar-refractivity contribution is 0.0576. The molecule has 1 fully saturated rings. The maximum absolute atomic E-state index is 6.24. The molecule has 1 N–H and O–H groups in total. The first-order chi connectivity index (χ1) is 8.94. The summed E-state index contributed by atoms with van der Waals surface area (Å²) in [4.78, 5) is 2.34. The van der Waals surface area contributed by atoms with E-state index in [1.165, 1.54) is 19.3 Å². The maximum atomic E-state index is 6.24. The summed E-state index contributed by atoms with van der Waals surface area (Å²) in [6.45, 7) is 3.13. The van der Waals surface area contributed by atoms with E-state index in [0.29, 0.717) is 5.54 Å². The van der Waals surface area contributed by atoms with Gasteiger partial charge in [-0.2, -0.15) is 0 Å². The van der Waals surface area contributed by atoms with Gasteiger partial charge in [-0.25, -0.2) is 0 Å². The zero-order chi connectivity index (χ0) is 14.0. The molecule has 0 aromatic heterocycles. The van der Waals surface area contributed by atoms with E-state index in [1.54, 1.807) is 0 Å². The van der Waals surface area contributed by atoms with Crippen LogP contribution in [0.2, 0.25) is 10.0 Å². The molecule has 1 atom stereocenters. The van der Waals surface area contributed by atoms with E-state index >= 15 is 0 Å². The van der Waals surface area contributed by atoms with Crippen LogP contribution in [0, 0.1) is 0 Å². The maximum Gasteiger partial charge on any atom is 0.0454 e. The molecule has 0 heterocycles. The lowest BCUT2D eigenvalue weighted by Crippen LogP contribution is -2.56. The minimum Gasteiger partial charge on any atom is -0.308 e. The van der Waals surface area contributed by atoms with Crippen molar-refractivity contribution in [2.45, 2.75) is 37.8 Å². The van der Waals surface area contributed by atoms with Crippen LogP contribution in [0.1, 0.15) is 37.8 Å². The minimum absolute atomic E-state index is 0.212. The monoisotopic (exact) mass is 300 g/mol. The number of hydrogen-bond donors (Lipinski definition) is 1. The zero-order valence-electron chi connectivity index (χ0n) is 11.8. The predicted octanol–water partition coefficient (Wildman–Crippen LogP) is 4.13. The Labute approximate surface area is 126 Å². The summed E-state index contributed by atoms with van der Waals surface area (Å²) in [6, 6.07) is 5.85. The lowest BCUT2D eigenvalue weighted by atomic mass is 9.75. The Morgan fingerprint density at radius 1 is 1.32 bits per heavy atom. The molecule has 0 radical (unpaired) electrons. The van der Waals surface area contributed by atoms with Crippen molar-refractivity contribution in [1.82, 2.24) is 10.2 Å². The van der Waals surface area contributed by atoms with Gasteiger partial charge in [0.05, 0.1) is 0 Å². The standard InChI is InChI=1S/C15H22Cl2N2/c1-11(13-9-12(16)5-6-14(13)17)18-10-15(19(2)3)7-4-8-15/h5-6,9,11,18H,4,7-8,10H2,1-3H3. The topological polar surface area (TPSA) is 15.3 Å². The number of benzene rings is 1. The molecule has 1 saturated carbocycles. The number of hydrogen-bond acceptors (Lipinski definition) is 2. The third-order valence-corrected chi connectivity index (χ3v) is 4.97. The molecular weight excluding hydrogens is 279 g/mol. The fourth-order valence-corrected chi connectivity index (χ4v) is 3.13. The van der Waals surface area contributed by atoms with Crippen LogP contribution in [0.3, 0.4) is 0 Å². The highest BCUT2D eigenvalue weighted by molar-refractivity contribution is 6.33. The highest BCUT2D eigenvalue weighted by atomic mass is 35.5. The molecule has 19 heavy (non-hydrogen) atoms. The van der Waals surface area contributed by atoms with Crippen LogP contribution < -0.4 is 5.32 Å². The highest BCUT2D eigenvalue weighted by Gasteiger charge is 2.38. The molecule has 4 heteroatoms.